The lowest BCUT2D eigenvalue weighted by atomic mass is 9.75. The summed E-state index contributed by atoms with van der Waals surface area (Å²) in [7, 11) is 3.36. The third-order valence-corrected chi connectivity index (χ3v) is 8.65. The minimum Gasteiger partial charge on any atom is -0.147 e. The van der Waals surface area contributed by atoms with Crippen LogP contribution in [-0.4, -0.2) is 5.16 Å². The molecule has 194 valence electrons. The minimum atomic E-state index is 0. The third kappa shape index (κ3) is 10.6. The second-order valence-corrected chi connectivity index (χ2v) is 11.7. The van der Waals surface area contributed by atoms with Crippen LogP contribution in [-0.2, 0) is 0 Å². The van der Waals surface area contributed by atoms with Gasteiger partial charge < -0.3 is 0 Å². The fourth-order valence-corrected chi connectivity index (χ4v) is 6.82. The first-order valence-corrected chi connectivity index (χ1v) is 15.0. The highest BCUT2D eigenvalue weighted by Crippen LogP contribution is 2.47. The van der Waals surface area contributed by atoms with Gasteiger partial charge in [-0.25, -0.2) is 0 Å². The Balaban J connectivity index is 0.00000578. The van der Waals surface area contributed by atoms with Crippen LogP contribution in [0.4, 0.5) is 0 Å². The van der Waals surface area contributed by atoms with Crippen molar-refractivity contribution in [2.75, 3.05) is 0 Å². The molecule has 0 nitrogen and oxygen atoms in total. The van der Waals surface area contributed by atoms with E-state index in [-0.39, 0.29) is 12.4 Å². The molecule has 0 spiro atoms. The average Bonchev–Trinajstić information content (AvgIpc) is 2.82. The van der Waals surface area contributed by atoms with Crippen LogP contribution < -0.4 is 0 Å². The molecule has 2 aromatic rings. The summed E-state index contributed by atoms with van der Waals surface area (Å²) in [4.78, 5) is 0. The highest BCUT2D eigenvalue weighted by Gasteiger charge is 2.34. The van der Waals surface area contributed by atoms with Crippen LogP contribution in [0.5, 0.6) is 0 Å². The van der Waals surface area contributed by atoms with E-state index in [1.807, 2.05) is 0 Å². The Morgan fingerprint density at radius 1 is 0.618 bits per heavy atom. The van der Waals surface area contributed by atoms with Crippen molar-refractivity contribution in [1.82, 2.24) is 0 Å². The van der Waals surface area contributed by atoms with E-state index < -0.39 is 0 Å². The largest absolute Gasteiger partial charge is 0.147 e. The Morgan fingerprint density at radius 3 is 1.68 bits per heavy atom. The second kappa shape index (κ2) is 18.7. The minimum absolute atomic E-state index is 0. The fourth-order valence-electron chi connectivity index (χ4n) is 5.90. The van der Waals surface area contributed by atoms with Crippen molar-refractivity contribution < 1.29 is 0 Å². The first-order chi connectivity index (χ1) is 16.2. The third-order valence-electron chi connectivity index (χ3n) is 7.67. The molecule has 2 rings (SSSR count). The number of rotatable bonds is 19. The SMILES string of the molecule is CCCCCCCCCCCCCCC(c1cccc2ccccc12)C(P)(CCC)CCC.Cl. The summed E-state index contributed by atoms with van der Waals surface area (Å²) in [5.41, 5.74) is 1.59. The molecule has 2 heteroatoms. The molecular formula is C32H54ClP. The van der Waals surface area contributed by atoms with Crippen molar-refractivity contribution in [2.24, 2.45) is 0 Å². The molecule has 0 N–H and O–H groups in total. The van der Waals surface area contributed by atoms with Crippen molar-refractivity contribution in [3.63, 3.8) is 0 Å². The predicted octanol–water partition coefficient (Wildman–Crippen LogP) is 11.7. The molecule has 0 heterocycles. The van der Waals surface area contributed by atoms with Crippen LogP contribution >= 0.6 is 21.6 Å². The van der Waals surface area contributed by atoms with Crippen molar-refractivity contribution in [2.45, 2.75) is 141 Å². The first-order valence-electron chi connectivity index (χ1n) is 14.4. The van der Waals surface area contributed by atoms with Gasteiger partial charge >= 0.3 is 0 Å². The van der Waals surface area contributed by atoms with E-state index in [4.69, 9.17) is 0 Å². The van der Waals surface area contributed by atoms with Crippen LogP contribution in [0.1, 0.15) is 141 Å². The van der Waals surface area contributed by atoms with Crippen LogP contribution in [0.3, 0.4) is 0 Å². The Morgan fingerprint density at radius 2 is 1.12 bits per heavy atom. The Bertz CT molecular complexity index is 744. The molecule has 0 aromatic heterocycles. The number of hydrogen-bond acceptors (Lipinski definition) is 0. The van der Waals surface area contributed by atoms with E-state index in [1.165, 1.54) is 120 Å². The quantitative estimate of drug-likeness (QED) is 0.132. The summed E-state index contributed by atoms with van der Waals surface area (Å²) in [6.45, 7) is 7.02. The van der Waals surface area contributed by atoms with E-state index in [1.54, 1.807) is 5.56 Å². The van der Waals surface area contributed by atoms with Gasteiger partial charge in [-0.1, -0.05) is 153 Å². The lowest BCUT2D eigenvalue weighted by Crippen LogP contribution is -2.30. The van der Waals surface area contributed by atoms with E-state index in [0.29, 0.717) is 11.1 Å². The smallest absolute Gasteiger partial charge is 0.00647 e. The average molecular weight is 505 g/mol. The van der Waals surface area contributed by atoms with Gasteiger partial charge in [0, 0.05) is 0 Å². The topological polar surface area (TPSA) is 0 Å². The molecule has 2 atom stereocenters. The van der Waals surface area contributed by atoms with Gasteiger partial charge in [-0.3, -0.25) is 0 Å². The maximum absolute atomic E-state index is 3.36. The summed E-state index contributed by atoms with van der Waals surface area (Å²) < 4.78 is 0. The van der Waals surface area contributed by atoms with Crippen molar-refractivity contribution >= 4 is 32.4 Å². The maximum atomic E-state index is 3.36. The van der Waals surface area contributed by atoms with Gasteiger partial charge in [-0.05, 0) is 46.7 Å². The molecule has 0 saturated carbocycles. The lowest BCUT2D eigenvalue weighted by molar-refractivity contribution is 0.379. The Labute approximate surface area is 221 Å². The number of unbranched alkanes of at least 4 members (excludes halogenated alkanes) is 11. The number of hydrogen-bond donors (Lipinski definition) is 0. The fraction of sp³-hybridized carbons (Fsp3) is 0.688. The molecule has 0 aliphatic heterocycles. The Kier molecular flexibility index (Phi) is 17.3. The van der Waals surface area contributed by atoms with Gasteiger partial charge in [-0.15, -0.1) is 21.6 Å². The molecule has 34 heavy (non-hydrogen) atoms. The summed E-state index contributed by atoms with van der Waals surface area (Å²) in [5.74, 6) is 0.636. The van der Waals surface area contributed by atoms with Crippen molar-refractivity contribution in [3.05, 3.63) is 48.0 Å². The van der Waals surface area contributed by atoms with Gasteiger partial charge in [0.15, 0.2) is 0 Å². The number of halogens is 1. The molecule has 0 amide bonds. The highest BCUT2D eigenvalue weighted by molar-refractivity contribution is 7.19. The standard InChI is InChI=1S/C32H53P.ClH/c1-4-7-8-9-10-11-12-13-14-15-16-17-25-31(32(33,26-5-2)27-6-3)30-24-20-22-28-21-18-19-23-29(28)30;/h18-24,31H,4-17,25-27,33H2,1-3H3;1H. The molecule has 0 radical (unpaired) electrons. The van der Waals surface area contributed by atoms with Gasteiger partial charge in [0.1, 0.15) is 0 Å². The molecule has 2 unspecified atom stereocenters. The molecule has 0 fully saturated rings. The number of benzene rings is 2. The normalized spacial score (nSPS) is 12.6. The Hall–Kier alpha value is -0.580. The zero-order valence-electron chi connectivity index (χ0n) is 22.6. The summed E-state index contributed by atoms with van der Waals surface area (Å²) in [6, 6.07) is 16.0. The van der Waals surface area contributed by atoms with Crippen molar-refractivity contribution in [3.8, 4) is 0 Å². The molecule has 0 aliphatic carbocycles. The van der Waals surface area contributed by atoms with E-state index in [2.05, 4.69) is 72.5 Å². The zero-order valence-corrected chi connectivity index (χ0v) is 24.6. The van der Waals surface area contributed by atoms with Gasteiger partial charge in [-0.2, -0.15) is 0 Å². The van der Waals surface area contributed by atoms with Crippen LogP contribution in [0, 0.1) is 0 Å². The molecule has 0 aliphatic rings. The molecule has 0 saturated heterocycles. The van der Waals surface area contributed by atoms with Crippen LogP contribution in [0.25, 0.3) is 10.8 Å². The summed E-state index contributed by atoms with van der Waals surface area (Å²) >= 11 is 0. The van der Waals surface area contributed by atoms with E-state index in [0.717, 1.165) is 0 Å². The lowest BCUT2D eigenvalue weighted by Gasteiger charge is -2.39. The van der Waals surface area contributed by atoms with E-state index in [9.17, 15) is 0 Å². The summed E-state index contributed by atoms with van der Waals surface area (Å²) in [5, 5.41) is 3.20. The summed E-state index contributed by atoms with van der Waals surface area (Å²) in [6.07, 6.45) is 23.6. The monoisotopic (exact) mass is 504 g/mol. The van der Waals surface area contributed by atoms with Gasteiger partial charge in [0.2, 0.25) is 0 Å². The second-order valence-electron chi connectivity index (χ2n) is 10.5. The van der Waals surface area contributed by atoms with Crippen LogP contribution in [0.15, 0.2) is 42.5 Å². The molecule has 2 aromatic carbocycles. The van der Waals surface area contributed by atoms with Gasteiger partial charge in [0.25, 0.3) is 0 Å². The zero-order chi connectivity index (χ0) is 23.8. The predicted molar refractivity (Wildman–Crippen MR) is 162 cm³/mol. The molecular weight excluding hydrogens is 451 g/mol. The molecule has 0 bridgehead atoms. The highest BCUT2D eigenvalue weighted by atomic mass is 35.5. The maximum Gasteiger partial charge on any atom is -0.00647 e. The van der Waals surface area contributed by atoms with Crippen molar-refractivity contribution in [1.29, 1.82) is 0 Å². The van der Waals surface area contributed by atoms with Crippen LogP contribution in [0.2, 0.25) is 0 Å². The number of fused-ring (bicyclic) bond motifs is 1. The van der Waals surface area contributed by atoms with E-state index >= 15 is 0 Å². The van der Waals surface area contributed by atoms with Gasteiger partial charge in [0.05, 0.1) is 0 Å². The first kappa shape index (κ1) is 31.4.